The summed E-state index contributed by atoms with van der Waals surface area (Å²) in [4.78, 5) is 12.0. The minimum Gasteiger partial charge on any atom is -0.379 e. The number of ether oxygens (including phenoxy) is 1. The Morgan fingerprint density at radius 1 is 1.53 bits per heavy atom. The van der Waals surface area contributed by atoms with Gasteiger partial charge in [-0.15, -0.1) is 0 Å². The van der Waals surface area contributed by atoms with Gasteiger partial charge >= 0.3 is 0 Å². The third-order valence-corrected chi connectivity index (χ3v) is 3.84. The Hall–Kier alpha value is -0.610. The Bertz CT molecular complexity index is 245. The van der Waals surface area contributed by atoms with Crippen LogP contribution in [-0.4, -0.2) is 30.7 Å². The molecule has 4 heteroatoms. The highest BCUT2D eigenvalue weighted by Crippen LogP contribution is 2.35. The van der Waals surface area contributed by atoms with Gasteiger partial charge < -0.3 is 15.8 Å². The zero-order valence-electron chi connectivity index (χ0n) is 9.29. The standard InChI is InChI=1S/C11H20N2O2/c1-2-11(4-3-5-11)13-10(14)8-6-15-7-9(8)12/h8-9H,2-7,12H2,1H3,(H,13,14). The third kappa shape index (κ3) is 2.01. The number of carbonyl (C=O) groups excluding carboxylic acids is 1. The van der Waals surface area contributed by atoms with Crippen molar-refractivity contribution in [3.63, 3.8) is 0 Å². The maximum atomic E-state index is 12.0. The van der Waals surface area contributed by atoms with Gasteiger partial charge in [-0.2, -0.15) is 0 Å². The molecule has 0 spiro atoms. The van der Waals surface area contributed by atoms with Crippen LogP contribution < -0.4 is 11.1 Å². The molecule has 0 aromatic rings. The zero-order valence-corrected chi connectivity index (χ0v) is 9.29. The smallest absolute Gasteiger partial charge is 0.227 e. The fraction of sp³-hybridized carbons (Fsp3) is 0.909. The number of nitrogens with two attached hydrogens (primary N) is 1. The molecule has 2 atom stereocenters. The highest BCUT2D eigenvalue weighted by Gasteiger charge is 2.40. The molecular weight excluding hydrogens is 192 g/mol. The summed E-state index contributed by atoms with van der Waals surface area (Å²) >= 11 is 0. The summed E-state index contributed by atoms with van der Waals surface area (Å²) in [5, 5.41) is 3.15. The highest BCUT2D eigenvalue weighted by molar-refractivity contribution is 5.80. The lowest BCUT2D eigenvalue weighted by Crippen LogP contribution is -2.56. The van der Waals surface area contributed by atoms with Gasteiger partial charge in [-0.25, -0.2) is 0 Å². The molecule has 2 rings (SSSR count). The Morgan fingerprint density at radius 3 is 2.67 bits per heavy atom. The molecule has 1 saturated heterocycles. The van der Waals surface area contributed by atoms with Gasteiger partial charge in [0.25, 0.3) is 0 Å². The first-order chi connectivity index (χ1) is 7.17. The van der Waals surface area contributed by atoms with Crippen molar-refractivity contribution < 1.29 is 9.53 Å². The molecule has 4 nitrogen and oxygen atoms in total. The van der Waals surface area contributed by atoms with E-state index in [9.17, 15) is 4.79 Å². The normalized spacial score (nSPS) is 33.5. The van der Waals surface area contributed by atoms with Crippen molar-refractivity contribution >= 4 is 5.91 Å². The van der Waals surface area contributed by atoms with Gasteiger partial charge in [0.1, 0.15) is 0 Å². The molecule has 2 unspecified atom stereocenters. The first kappa shape index (κ1) is 10.9. The summed E-state index contributed by atoms with van der Waals surface area (Å²) in [7, 11) is 0. The van der Waals surface area contributed by atoms with Gasteiger partial charge in [0, 0.05) is 11.6 Å². The number of hydrogen-bond acceptors (Lipinski definition) is 3. The minimum atomic E-state index is -0.144. The Balaban J connectivity index is 1.91. The lowest BCUT2D eigenvalue weighted by Gasteiger charge is -2.42. The molecule has 0 aromatic heterocycles. The molecule has 0 radical (unpaired) electrons. The van der Waals surface area contributed by atoms with E-state index in [1.807, 2.05) is 0 Å². The van der Waals surface area contributed by atoms with Gasteiger partial charge in [0.2, 0.25) is 5.91 Å². The molecular formula is C11H20N2O2. The SMILES string of the molecule is CCC1(NC(=O)C2COCC2N)CCC1. The molecule has 1 amide bonds. The molecule has 3 N–H and O–H groups in total. The van der Waals surface area contributed by atoms with E-state index >= 15 is 0 Å². The molecule has 1 aliphatic heterocycles. The van der Waals surface area contributed by atoms with Crippen LogP contribution in [0.1, 0.15) is 32.6 Å². The summed E-state index contributed by atoms with van der Waals surface area (Å²) in [6, 6.07) is -0.126. The van der Waals surface area contributed by atoms with Gasteiger partial charge in [0.15, 0.2) is 0 Å². The van der Waals surface area contributed by atoms with Crippen LogP contribution in [0.4, 0.5) is 0 Å². The topological polar surface area (TPSA) is 64.3 Å². The van der Waals surface area contributed by atoms with E-state index in [0.29, 0.717) is 13.2 Å². The Morgan fingerprint density at radius 2 is 2.27 bits per heavy atom. The van der Waals surface area contributed by atoms with Crippen LogP contribution in [0.25, 0.3) is 0 Å². The van der Waals surface area contributed by atoms with Crippen molar-refractivity contribution in [3.8, 4) is 0 Å². The summed E-state index contributed by atoms with van der Waals surface area (Å²) in [5.74, 6) is -0.0597. The second-order valence-electron chi connectivity index (χ2n) is 4.78. The van der Waals surface area contributed by atoms with Crippen LogP contribution in [0.3, 0.4) is 0 Å². The molecule has 86 valence electrons. The fourth-order valence-corrected chi connectivity index (χ4v) is 2.37. The second-order valence-corrected chi connectivity index (χ2v) is 4.78. The van der Waals surface area contributed by atoms with E-state index in [4.69, 9.17) is 10.5 Å². The molecule has 1 heterocycles. The first-order valence-electron chi connectivity index (χ1n) is 5.82. The van der Waals surface area contributed by atoms with E-state index in [1.54, 1.807) is 0 Å². The molecule has 15 heavy (non-hydrogen) atoms. The average molecular weight is 212 g/mol. The molecule has 0 aromatic carbocycles. The molecule has 2 aliphatic rings. The van der Waals surface area contributed by atoms with Crippen LogP contribution >= 0.6 is 0 Å². The van der Waals surface area contributed by atoms with Gasteiger partial charge in [-0.1, -0.05) is 6.92 Å². The molecule has 1 saturated carbocycles. The summed E-state index contributed by atoms with van der Waals surface area (Å²) in [6.07, 6.45) is 4.46. The monoisotopic (exact) mass is 212 g/mol. The lowest BCUT2D eigenvalue weighted by molar-refractivity contribution is -0.128. The van der Waals surface area contributed by atoms with Crippen molar-refractivity contribution in [2.75, 3.05) is 13.2 Å². The van der Waals surface area contributed by atoms with Gasteiger partial charge in [-0.3, -0.25) is 4.79 Å². The third-order valence-electron chi connectivity index (χ3n) is 3.84. The van der Waals surface area contributed by atoms with E-state index in [2.05, 4.69) is 12.2 Å². The zero-order chi connectivity index (χ0) is 10.9. The van der Waals surface area contributed by atoms with Gasteiger partial charge in [0.05, 0.1) is 19.1 Å². The number of hydrogen-bond donors (Lipinski definition) is 2. The van der Waals surface area contributed by atoms with Crippen LogP contribution in [0.2, 0.25) is 0 Å². The van der Waals surface area contributed by atoms with Crippen LogP contribution in [-0.2, 0) is 9.53 Å². The predicted octanol–water partition coefficient (Wildman–Crippen LogP) is 0.409. The molecule has 2 fully saturated rings. The average Bonchev–Trinajstić information content (AvgIpc) is 2.58. The Labute approximate surface area is 90.5 Å². The number of rotatable bonds is 3. The fourth-order valence-electron chi connectivity index (χ4n) is 2.37. The Kier molecular flexibility index (Phi) is 2.98. The lowest BCUT2D eigenvalue weighted by atomic mass is 9.74. The quantitative estimate of drug-likeness (QED) is 0.712. The molecule has 0 bridgehead atoms. The number of nitrogens with one attached hydrogen (secondary N) is 1. The number of carbonyl (C=O) groups is 1. The maximum absolute atomic E-state index is 12.0. The highest BCUT2D eigenvalue weighted by atomic mass is 16.5. The van der Waals surface area contributed by atoms with Crippen molar-refractivity contribution in [3.05, 3.63) is 0 Å². The largest absolute Gasteiger partial charge is 0.379 e. The summed E-state index contributed by atoms with van der Waals surface area (Å²) in [5.41, 5.74) is 5.88. The number of amides is 1. The van der Waals surface area contributed by atoms with Crippen molar-refractivity contribution in [2.45, 2.75) is 44.2 Å². The van der Waals surface area contributed by atoms with Crippen LogP contribution in [0.5, 0.6) is 0 Å². The van der Waals surface area contributed by atoms with E-state index in [1.165, 1.54) is 6.42 Å². The summed E-state index contributed by atoms with van der Waals surface area (Å²) in [6.45, 7) is 3.12. The van der Waals surface area contributed by atoms with Crippen LogP contribution in [0, 0.1) is 5.92 Å². The summed E-state index contributed by atoms with van der Waals surface area (Å²) < 4.78 is 5.20. The second kappa shape index (κ2) is 4.10. The van der Waals surface area contributed by atoms with Gasteiger partial charge in [-0.05, 0) is 25.7 Å². The van der Waals surface area contributed by atoms with E-state index in [0.717, 1.165) is 19.3 Å². The van der Waals surface area contributed by atoms with Crippen LogP contribution in [0.15, 0.2) is 0 Å². The van der Waals surface area contributed by atoms with Crippen molar-refractivity contribution in [1.29, 1.82) is 0 Å². The predicted molar refractivity (Wildman–Crippen MR) is 57.3 cm³/mol. The maximum Gasteiger partial charge on any atom is 0.227 e. The van der Waals surface area contributed by atoms with Crippen molar-refractivity contribution in [2.24, 2.45) is 11.7 Å². The van der Waals surface area contributed by atoms with E-state index in [-0.39, 0.29) is 23.4 Å². The minimum absolute atomic E-state index is 0.0688. The van der Waals surface area contributed by atoms with Crippen molar-refractivity contribution in [1.82, 2.24) is 5.32 Å². The first-order valence-corrected chi connectivity index (χ1v) is 5.82. The molecule has 1 aliphatic carbocycles. The van der Waals surface area contributed by atoms with E-state index < -0.39 is 0 Å².